The topological polar surface area (TPSA) is 49.8 Å². The summed E-state index contributed by atoms with van der Waals surface area (Å²) < 4.78 is 14.6. The van der Waals surface area contributed by atoms with E-state index in [0.717, 1.165) is 17.9 Å². The predicted octanol–water partition coefficient (Wildman–Crippen LogP) is 4.17. The second kappa shape index (κ2) is 6.17. The molecule has 0 aliphatic carbocycles. The van der Waals surface area contributed by atoms with Gasteiger partial charge in [0.1, 0.15) is 23.3 Å². The highest BCUT2D eigenvalue weighted by atomic mass is 79.9. The fraction of sp³-hybridized carbons (Fsp3) is 0.286. The van der Waals surface area contributed by atoms with E-state index in [-0.39, 0.29) is 5.82 Å². The highest BCUT2D eigenvalue weighted by molar-refractivity contribution is 9.10. The van der Waals surface area contributed by atoms with Crippen molar-refractivity contribution in [1.82, 2.24) is 9.97 Å². The highest BCUT2D eigenvalue weighted by Gasteiger charge is 2.11. The van der Waals surface area contributed by atoms with Crippen LogP contribution in [0.3, 0.4) is 0 Å². The number of hydrogen-bond acceptors (Lipinski definition) is 4. The van der Waals surface area contributed by atoms with E-state index in [1.165, 1.54) is 6.07 Å². The highest BCUT2D eigenvalue weighted by Crippen LogP contribution is 2.26. The van der Waals surface area contributed by atoms with Gasteiger partial charge in [-0.1, -0.05) is 15.9 Å². The van der Waals surface area contributed by atoms with Crippen LogP contribution in [-0.2, 0) is 0 Å². The minimum atomic E-state index is -0.333. The van der Waals surface area contributed by atoms with Crippen LogP contribution in [0.15, 0.2) is 22.7 Å². The van der Waals surface area contributed by atoms with Crippen LogP contribution in [0.25, 0.3) is 0 Å². The van der Waals surface area contributed by atoms with Gasteiger partial charge in [0.05, 0.1) is 5.69 Å². The lowest BCUT2D eigenvalue weighted by Gasteiger charge is -2.14. The molecule has 0 aliphatic rings. The molecule has 20 heavy (non-hydrogen) atoms. The Bertz CT molecular complexity index is 631. The molecule has 2 N–H and O–H groups in total. The van der Waals surface area contributed by atoms with Crippen molar-refractivity contribution in [3.05, 3.63) is 39.9 Å². The first-order chi connectivity index (χ1) is 9.51. The largest absolute Gasteiger partial charge is 0.370 e. The van der Waals surface area contributed by atoms with Crippen molar-refractivity contribution < 1.29 is 4.39 Å². The fourth-order valence-electron chi connectivity index (χ4n) is 1.81. The molecule has 0 saturated heterocycles. The van der Waals surface area contributed by atoms with Gasteiger partial charge >= 0.3 is 0 Å². The Kier molecular flexibility index (Phi) is 4.54. The molecule has 0 saturated carbocycles. The SMILES string of the molecule is CCNc1nc(C)nc(Nc2ccc(Br)cc2F)c1C. The molecule has 1 aromatic carbocycles. The number of hydrogen-bond donors (Lipinski definition) is 2. The van der Waals surface area contributed by atoms with Gasteiger partial charge in [-0.2, -0.15) is 0 Å². The van der Waals surface area contributed by atoms with E-state index in [4.69, 9.17) is 0 Å². The van der Waals surface area contributed by atoms with E-state index in [0.29, 0.717) is 21.8 Å². The first-order valence-electron chi connectivity index (χ1n) is 6.32. The van der Waals surface area contributed by atoms with E-state index in [1.807, 2.05) is 20.8 Å². The third kappa shape index (κ3) is 3.25. The lowest BCUT2D eigenvalue weighted by atomic mass is 10.2. The number of nitrogens with zero attached hydrogens (tertiary/aromatic N) is 2. The molecule has 0 spiro atoms. The van der Waals surface area contributed by atoms with Crippen molar-refractivity contribution in [3.8, 4) is 0 Å². The molecule has 0 atom stereocenters. The van der Waals surface area contributed by atoms with Gasteiger partial charge in [-0.05, 0) is 39.0 Å². The van der Waals surface area contributed by atoms with E-state index in [1.54, 1.807) is 12.1 Å². The predicted molar refractivity (Wildman–Crippen MR) is 83.1 cm³/mol. The van der Waals surface area contributed by atoms with Gasteiger partial charge in [-0.25, -0.2) is 14.4 Å². The third-order valence-electron chi connectivity index (χ3n) is 2.79. The Balaban J connectivity index is 2.37. The number of halogens is 2. The standard InChI is InChI=1S/C14H16BrFN4/c1-4-17-13-8(2)14(19-9(3)18-13)20-12-6-5-10(15)7-11(12)16/h5-7H,4H2,1-3H3,(H2,17,18,19,20). The lowest BCUT2D eigenvalue weighted by molar-refractivity contribution is 0.631. The van der Waals surface area contributed by atoms with Gasteiger partial charge in [-0.3, -0.25) is 0 Å². The van der Waals surface area contributed by atoms with Crippen LogP contribution in [0.2, 0.25) is 0 Å². The molecule has 2 aromatic rings. The van der Waals surface area contributed by atoms with E-state index in [2.05, 4.69) is 36.5 Å². The van der Waals surface area contributed by atoms with Crippen molar-refractivity contribution in [2.24, 2.45) is 0 Å². The molecule has 106 valence electrons. The number of aromatic nitrogens is 2. The summed E-state index contributed by atoms with van der Waals surface area (Å²) >= 11 is 3.24. The molecule has 0 bridgehead atoms. The lowest BCUT2D eigenvalue weighted by Crippen LogP contribution is -2.08. The molecule has 6 heteroatoms. The van der Waals surface area contributed by atoms with Crippen molar-refractivity contribution >= 4 is 33.3 Å². The van der Waals surface area contributed by atoms with Crippen LogP contribution in [0.5, 0.6) is 0 Å². The maximum atomic E-state index is 13.9. The molecule has 1 heterocycles. The maximum Gasteiger partial charge on any atom is 0.147 e. The molecule has 0 radical (unpaired) electrons. The summed E-state index contributed by atoms with van der Waals surface area (Å²) in [5.41, 5.74) is 1.25. The molecule has 0 unspecified atom stereocenters. The van der Waals surface area contributed by atoms with Gasteiger partial charge in [0.15, 0.2) is 0 Å². The zero-order chi connectivity index (χ0) is 14.7. The minimum Gasteiger partial charge on any atom is -0.370 e. The number of nitrogens with one attached hydrogen (secondary N) is 2. The quantitative estimate of drug-likeness (QED) is 0.878. The molecule has 2 rings (SSSR count). The van der Waals surface area contributed by atoms with Crippen molar-refractivity contribution in [1.29, 1.82) is 0 Å². The number of aryl methyl sites for hydroxylation is 1. The van der Waals surface area contributed by atoms with Gasteiger partial charge in [0.2, 0.25) is 0 Å². The second-order valence-corrected chi connectivity index (χ2v) is 5.29. The number of anilines is 3. The average molecular weight is 339 g/mol. The summed E-state index contributed by atoms with van der Waals surface area (Å²) in [6, 6.07) is 4.86. The first kappa shape index (κ1) is 14.7. The van der Waals surface area contributed by atoms with Crippen LogP contribution in [0, 0.1) is 19.7 Å². The number of benzene rings is 1. The normalized spacial score (nSPS) is 10.4. The second-order valence-electron chi connectivity index (χ2n) is 4.37. The maximum absolute atomic E-state index is 13.9. The van der Waals surface area contributed by atoms with Crippen LogP contribution < -0.4 is 10.6 Å². The molecule has 1 aromatic heterocycles. The monoisotopic (exact) mass is 338 g/mol. The van der Waals surface area contributed by atoms with Crippen LogP contribution >= 0.6 is 15.9 Å². The summed E-state index contributed by atoms with van der Waals surface area (Å²) in [6.45, 7) is 6.47. The van der Waals surface area contributed by atoms with Gasteiger partial charge in [-0.15, -0.1) is 0 Å². The molecular formula is C14H16BrFN4. The zero-order valence-corrected chi connectivity index (χ0v) is 13.2. The van der Waals surface area contributed by atoms with Crippen LogP contribution in [-0.4, -0.2) is 16.5 Å². The van der Waals surface area contributed by atoms with E-state index < -0.39 is 0 Å². The summed E-state index contributed by atoms with van der Waals surface area (Å²) in [6.07, 6.45) is 0. The van der Waals surface area contributed by atoms with Crippen molar-refractivity contribution in [2.45, 2.75) is 20.8 Å². The van der Waals surface area contributed by atoms with Crippen molar-refractivity contribution in [3.63, 3.8) is 0 Å². The van der Waals surface area contributed by atoms with Gasteiger partial charge < -0.3 is 10.6 Å². The molecule has 4 nitrogen and oxygen atoms in total. The fourth-order valence-corrected chi connectivity index (χ4v) is 2.14. The Morgan fingerprint density at radius 2 is 1.90 bits per heavy atom. The average Bonchev–Trinajstić information content (AvgIpc) is 2.38. The summed E-state index contributed by atoms with van der Waals surface area (Å²) in [5.74, 6) is 1.67. The Morgan fingerprint density at radius 1 is 1.20 bits per heavy atom. The molecule has 0 fully saturated rings. The smallest absolute Gasteiger partial charge is 0.147 e. The Labute approximate surface area is 126 Å². The van der Waals surface area contributed by atoms with E-state index >= 15 is 0 Å². The summed E-state index contributed by atoms with van der Waals surface area (Å²) in [7, 11) is 0. The van der Waals surface area contributed by atoms with E-state index in [9.17, 15) is 4.39 Å². The van der Waals surface area contributed by atoms with Gasteiger partial charge in [0, 0.05) is 16.6 Å². The Morgan fingerprint density at radius 3 is 2.55 bits per heavy atom. The summed E-state index contributed by atoms with van der Waals surface area (Å²) in [4.78, 5) is 8.67. The Hall–Kier alpha value is -1.69. The zero-order valence-electron chi connectivity index (χ0n) is 11.6. The van der Waals surface area contributed by atoms with Crippen LogP contribution in [0.1, 0.15) is 18.3 Å². The molecule has 0 amide bonds. The first-order valence-corrected chi connectivity index (χ1v) is 7.11. The number of rotatable bonds is 4. The summed E-state index contributed by atoms with van der Waals surface area (Å²) in [5, 5.41) is 6.19. The third-order valence-corrected chi connectivity index (χ3v) is 3.28. The van der Waals surface area contributed by atoms with Crippen molar-refractivity contribution in [2.75, 3.05) is 17.2 Å². The minimum absolute atomic E-state index is 0.333. The molecular weight excluding hydrogens is 323 g/mol. The van der Waals surface area contributed by atoms with Crippen LogP contribution in [0.4, 0.5) is 21.7 Å². The van der Waals surface area contributed by atoms with Gasteiger partial charge in [0.25, 0.3) is 0 Å². The molecule has 0 aliphatic heterocycles.